The van der Waals surface area contributed by atoms with Crippen LogP contribution in [0.3, 0.4) is 0 Å². The standard InChI is InChI=1S/C22H25NO6/c24-17(22-23-16-8-5-6-9-20(16)29-22)12-11-15-14(18(25)13-19(15)26)7-3-1-2-4-10-21(27)28/h1,3,5-6,8-9,11-12,14-15,17-18,24-25H,2,4,7,10,13H2,(H,27,28)/t14-,15-,17-,18+/m1/s1. The van der Waals surface area contributed by atoms with E-state index in [9.17, 15) is 19.8 Å². The second-order valence-corrected chi connectivity index (χ2v) is 7.27. The van der Waals surface area contributed by atoms with E-state index in [2.05, 4.69) is 4.98 Å². The fourth-order valence-corrected chi connectivity index (χ4v) is 3.59. The van der Waals surface area contributed by atoms with Crippen molar-refractivity contribution in [2.45, 2.75) is 44.3 Å². The number of hydrogen-bond donors (Lipinski definition) is 3. The number of unbranched alkanes of at least 4 members (excludes halogenated alkanes) is 1. The van der Waals surface area contributed by atoms with Gasteiger partial charge in [-0.2, -0.15) is 0 Å². The van der Waals surface area contributed by atoms with Crippen LogP contribution in [0, 0.1) is 11.8 Å². The number of carboxylic acids is 1. The van der Waals surface area contributed by atoms with Crippen molar-refractivity contribution < 1.29 is 29.3 Å². The highest BCUT2D eigenvalue weighted by atomic mass is 16.4. The number of aliphatic carboxylic acids is 1. The molecule has 0 radical (unpaired) electrons. The number of allylic oxidation sites excluding steroid dienone is 3. The summed E-state index contributed by atoms with van der Waals surface area (Å²) in [5, 5.41) is 29.2. The number of oxazole rings is 1. The molecule has 1 saturated carbocycles. The van der Waals surface area contributed by atoms with Gasteiger partial charge in [-0.1, -0.05) is 36.4 Å². The van der Waals surface area contributed by atoms with E-state index in [4.69, 9.17) is 9.52 Å². The zero-order valence-corrected chi connectivity index (χ0v) is 16.0. The summed E-state index contributed by atoms with van der Waals surface area (Å²) in [5.41, 5.74) is 1.22. The lowest BCUT2D eigenvalue weighted by atomic mass is 9.90. The van der Waals surface area contributed by atoms with Gasteiger partial charge in [-0.05, 0) is 31.4 Å². The number of aliphatic hydroxyl groups is 2. The summed E-state index contributed by atoms with van der Waals surface area (Å²) in [6.07, 6.45) is 6.96. The minimum absolute atomic E-state index is 0.0669. The van der Waals surface area contributed by atoms with Crippen molar-refractivity contribution in [2.24, 2.45) is 11.8 Å². The molecule has 0 bridgehead atoms. The second-order valence-electron chi connectivity index (χ2n) is 7.27. The van der Waals surface area contributed by atoms with Crippen LogP contribution in [0.1, 0.15) is 44.1 Å². The lowest BCUT2D eigenvalue weighted by Gasteiger charge is -2.16. The summed E-state index contributed by atoms with van der Waals surface area (Å²) in [7, 11) is 0. The van der Waals surface area contributed by atoms with Gasteiger partial charge in [-0.25, -0.2) is 4.98 Å². The van der Waals surface area contributed by atoms with E-state index in [-0.39, 0.29) is 30.4 Å². The molecular weight excluding hydrogens is 374 g/mol. The average molecular weight is 399 g/mol. The number of aliphatic hydroxyl groups excluding tert-OH is 2. The first kappa shape index (κ1) is 21.0. The molecule has 2 aromatic rings. The van der Waals surface area contributed by atoms with Crippen molar-refractivity contribution in [3.63, 3.8) is 0 Å². The lowest BCUT2D eigenvalue weighted by molar-refractivity contribution is -0.137. The molecule has 7 nitrogen and oxygen atoms in total. The number of benzene rings is 1. The number of carbonyl (C=O) groups is 2. The third kappa shape index (κ3) is 5.40. The zero-order chi connectivity index (χ0) is 20.8. The predicted octanol–water partition coefficient (Wildman–Crippen LogP) is 3.18. The van der Waals surface area contributed by atoms with Crippen molar-refractivity contribution in [2.75, 3.05) is 0 Å². The Hall–Kier alpha value is -2.77. The molecule has 0 aliphatic heterocycles. The fraction of sp³-hybridized carbons (Fsp3) is 0.409. The Morgan fingerprint density at radius 2 is 2.10 bits per heavy atom. The van der Waals surface area contributed by atoms with Gasteiger partial charge < -0.3 is 19.7 Å². The van der Waals surface area contributed by atoms with Crippen LogP contribution in [0.25, 0.3) is 11.1 Å². The molecule has 154 valence electrons. The van der Waals surface area contributed by atoms with Crippen LogP contribution in [-0.2, 0) is 9.59 Å². The summed E-state index contributed by atoms with van der Waals surface area (Å²) >= 11 is 0. The summed E-state index contributed by atoms with van der Waals surface area (Å²) in [4.78, 5) is 27.0. The Labute approximate surface area is 168 Å². The second kappa shape index (κ2) is 9.62. The number of nitrogens with zero attached hydrogens (tertiary/aromatic N) is 1. The molecule has 0 amide bonds. The highest BCUT2D eigenvalue weighted by molar-refractivity contribution is 5.86. The van der Waals surface area contributed by atoms with Gasteiger partial charge in [0.1, 0.15) is 17.4 Å². The highest BCUT2D eigenvalue weighted by Gasteiger charge is 2.39. The Bertz CT molecular complexity index is 882. The van der Waals surface area contributed by atoms with Crippen LogP contribution >= 0.6 is 0 Å². The lowest BCUT2D eigenvalue weighted by Crippen LogP contribution is -2.18. The van der Waals surface area contributed by atoms with E-state index in [1.807, 2.05) is 24.3 Å². The Kier molecular flexibility index (Phi) is 6.95. The molecular formula is C22H25NO6. The van der Waals surface area contributed by atoms with Crippen LogP contribution in [0.4, 0.5) is 0 Å². The van der Waals surface area contributed by atoms with E-state index in [1.54, 1.807) is 18.2 Å². The summed E-state index contributed by atoms with van der Waals surface area (Å²) in [6.45, 7) is 0. The number of hydrogen-bond acceptors (Lipinski definition) is 6. The van der Waals surface area contributed by atoms with Crippen molar-refractivity contribution in [3.05, 3.63) is 54.5 Å². The van der Waals surface area contributed by atoms with Crippen LogP contribution in [0.2, 0.25) is 0 Å². The molecule has 0 spiro atoms. The number of aromatic nitrogens is 1. The molecule has 1 heterocycles. The Morgan fingerprint density at radius 1 is 1.31 bits per heavy atom. The number of rotatable bonds is 9. The Morgan fingerprint density at radius 3 is 2.86 bits per heavy atom. The molecule has 1 aromatic carbocycles. The molecule has 7 heteroatoms. The van der Waals surface area contributed by atoms with Crippen molar-refractivity contribution in [1.82, 2.24) is 4.98 Å². The normalized spacial score (nSPS) is 23.5. The van der Waals surface area contributed by atoms with E-state index < -0.39 is 24.1 Å². The van der Waals surface area contributed by atoms with Gasteiger partial charge in [-0.3, -0.25) is 9.59 Å². The largest absolute Gasteiger partial charge is 0.481 e. The first-order valence-corrected chi connectivity index (χ1v) is 9.75. The topological polar surface area (TPSA) is 121 Å². The maximum absolute atomic E-state index is 12.3. The molecule has 1 aliphatic carbocycles. The zero-order valence-electron chi connectivity index (χ0n) is 16.0. The monoisotopic (exact) mass is 399 g/mol. The van der Waals surface area contributed by atoms with Crippen LogP contribution in [-0.4, -0.2) is 38.2 Å². The summed E-state index contributed by atoms with van der Waals surface area (Å²) in [5.74, 6) is -1.50. The highest BCUT2D eigenvalue weighted by Crippen LogP contribution is 2.34. The molecule has 1 aliphatic rings. The Balaban J connectivity index is 1.61. The van der Waals surface area contributed by atoms with Gasteiger partial charge in [0.25, 0.3) is 0 Å². The first-order valence-electron chi connectivity index (χ1n) is 9.75. The number of carbonyl (C=O) groups excluding carboxylic acids is 1. The summed E-state index contributed by atoms with van der Waals surface area (Å²) in [6, 6.07) is 7.19. The van der Waals surface area contributed by atoms with Gasteiger partial charge in [0, 0.05) is 24.7 Å². The number of fused-ring (bicyclic) bond motifs is 1. The molecule has 3 rings (SSSR count). The SMILES string of the molecule is O=C(O)CCCC=CC[C@H]1[C@@H](O)CC(=O)[C@@H]1C=C[C@@H](O)c1nc2ccccc2o1. The van der Waals surface area contributed by atoms with Crippen LogP contribution in [0.5, 0.6) is 0 Å². The fourth-order valence-electron chi connectivity index (χ4n) is 3.59. The molecule has 1 fully saturated rings. The predicted molar refractivity (Wildman–Crippen MR) is 106 cm³/mol. The first-order chi connectivity index (χ1) is 14.0. The van der Waals surface area contributed by atoms with Gasteiger partial charge in [0.15, 0.2) is 5.58 Å². The third-order valence-electron chi connectivity index (χ3n) is 5.14. The molecule has 0 saturated heterocycles. The van der Waals surface area contributed by atoms with E-state index >= 15 is 0 Å². The molecule has 29 heavy (non-hydrogen) atoms. The number of para-hydroxylation sites is 2. The number of ketones is 1. The third-order valence-corrected chi connectivity index (χ3v) is 5.14. The minimum Gasteiger partial charge on any atom is -0.481 e. The quantitative estimate of drug-likeness (QED) is 0.437. The van der Waals surface area contributed by atoms with Crippen molar-refractivity contribution in [3.8, 4) is 0 Å². The molecule has 3 N–H and O–H groups in total. The van der Waals surface area contributed by atoms with Crippen molar-refractivity contribution in [1.29, 1.82) is 0 Å². The van der Waals surface area contributed by atoms with Gasteiger partial charge in [-0.15, -0.1) is 0 Å². The minimum atomic E-state index is -1.08. The van der Waals surface area contributed by atoms with Crippen LogP contribution < -0.4 is 0 Å². The van der Waals surface area contributed by atoms with E-state index in [0.717, 1.165) is 0 Å². The van der Waals surface area contributed by atoms with Crippen LogP contribution in [0.15, 0.2) is 53.0 Å². The van der Waals surface area contributed by atoms with Gasteiger partial charge in [0.2, 0.25) is 5.89 Å². The maximum Gasteiger partial charge on any atom is 0.303 e. The van der Waals surface area contributed by atoms with E-state index in [0.29, 0.717) is 30.4 Å². The maximum atomic E-state index is 12.3. The smallest absolute Gasteiger partial charge is 0.303 e. The molecule has 1 aromatic heterocycles. The summed E-state index contributed by atoms with van der Waals surface area (Å²) < 4.78 is 5.54. The number of carboxylic acid groups (broad SMARTS) is 1. The number of Topliss-reactive ketones (excluding diaryl/α,β-unsaturated/α-hetero) is 1. The molecule has 0 unspecified atom stereocenters. The van der Waals surface area contributed by atoms with Crippen molar-refractivity contribution >= 4 is 22.9 Å². The van der Waals surface area contributed by atoms with Gasteiger partial charge >= 0.3 is 5.97 Å². The van der Waals surface area contributed by atoms with Gasteiger partial charge in [0.05, 0.1) is 6.10 Å². The average Bonchev–Trinajstić information content (AvgIpc) is 3.23. The molecule has 4 atom stereocenters. The van der Waals surface area contributed by atoms with E-state index in [1.165, 1.54) is 6.08 Å².